The summed E-state index contributed by atoms with van der Waals surface area (Å²) in [7, 11) is 0. The normalized spacial score (nSPS) is 19.4. The maximum Gasteiger partial charge on any atom is 0.0404 e. The number of hydrogen-bond donors (Lipinski definition) is 1. The van der Waals surface area contributed by atoms with Gasteiger partial charge in [0.25, 0.3) is 0 Å². The third kappa shape index (κ3) is 1.74. The van der Waals surface area contributed by atoms with Gasteiger partial charge in [-0.15, -0.1) is 0 Å². The Labute approximate surface area is 92.1 Å². The molecule has 15 heavy (non-hydrogen) atoms. The van der Waals surface area contributed by atoms with E-state index in [2.05, 4.69) is 36.9 Å². The van der Waals surface area contributed by atoms with Crippen LogP contribution in [0.15, 0.2) is 18.2 Å². The molecule has 2 N–H and O–H groups in total. The molecular weight excluding hydrogens is 184 g/mol. The first-order valence-electron chi connectivity index (χ1n) is 5.85. The van der Waals surface area contributed by atoms with Crippen molar-refractivity contribution in [3.63, 3.8) is 0 Å². The van der Waals surface area contributed by atoms with Crippen LogP contribution in [-0.2, 0) is 12.8 Å². The van der Waals surface area contributed by atoms with Crippen molar-refractivity contribution in [2.75, 3.05) is 18.0 Å². The zero-order valence-corrected chi connectivity index (χ0v) is 9.66. The largest absolute Gasteiger partial charge is 0.369 e. The summed E-state index contributed by atoms with van der Waals surface area (Å²) < 4.78 is 0. The maximum absolute atomic E-state index is 5.64. The molecule has 1 atom stereocenters. The van der Waals surface area contributed by atoms with Crippen molar-refractivity contribution in [3.8, 4) is 0 Å². The summed E-state index contributed by atoms with van der Waals surface area (Å²) in [4.78, 5) is 2.48. The van der Waals surface area contributed by atoms with Gasteiger partial charge in [-0.2, -0.15) is 0 Å². The lowest BCUT2D eigenvalue weighted by Gasteiger charge is -2.22. The van der Waals surface area contributed by atoms with Crippen molar-refractivity contribution in [3.05, 3.63) is 29.3 Å². The number of fused-ring (bicyclic) bond motifs is 1. The zero-order valence-electron chi connectivity index (χ0n) is 9.66. The molecule has 82 valence electrons. The second-order valence-corrected chi connectivity index (χ2v) is 4.29. The Kier molecular flexibility index (Phi) is 2.96. The van der Waals surface area contributed by atoms with E-state index in [9.17, 15) is 0 Å². The zero-order chi connectivity index (χ0) is 10.8. The minimum atomic E-state index is 0.643. The predicted octanol–water partition coefficient (Wildman–Crippen LogP) is 1.96. The molecule has 0 fully saturated rings. The van der Waals surface area contributed by atoms with E-state index in [0.717, 1.165) is 19.5 Å². The summed E-state index contributed by atoms with van der Waals surface area (Å²) in [5.41, 5.74) is 10.0. The third-order valence-corrected chi connectivity index (χ3v) is 3.34. The third-order valence-electron chi connectivity index (χ3n) is 3.34. The first-order valence-corrected chi connectivity index (χ1v) is 5.85. The van der Waals surface area contributed by atoms with Gasteiger partial charge < -0.3 is 10.6 Å². The molecule has 1 heterocycles. The molecule has 0 aliphatic carbocycles. The molecule has 0 radical (unpaired) electrons. The fourth-order valence-corrected chi connectivity index (χ4v) is 2.64. The van der Waals surface area contributed by atoms with Gasteiger partial charge in [-0.05, 0) is 50.4 Å². The van der Waals surface area contributed by atoms with Crippen LogP contribution < -0.4 is 10.6 Å². The van der Waals surface area contributed by atoms with Crippen molar-refractivity contribution < 1.29 is 0 Å². The van der Waals surface area contributed by atoms with Crippen LogP contribution in [0, 0.1) is 0 Å². The number of anilines is 1. The monoisotopic (exact) mass is 204 g/mol. The van der Waals surface area contributed by atoms with Gasteiger partial charge in [0.15, 0.2) is 0 Å². The van der Waals surface area contributed by atoms with Gasteiger partial charge in [-0.25, -0.2) is 0 Å². The van der Waals surface area contributed by atoms with Crippen LogP contribution in [0.2, 0.25) is 0 Å². The second-order valence-electron chi connectivity index (χ2n) is 4.29. The van der Waals surface area contributed by atoms with Crippen molar-refractivity contribution >= 4 is 5.69 Å². The van der Waals surface area contributed by atoms with Crippen LogP contribution >= 0.6 is 0 Å². The molecule has 2 rings (SSSR count). The van der Waals surface area contributed by atoms with E-state index in [1.165, 1.54) is 23.2 Å². The molecule has 2 heteroatoms. The van der Waals surface area contributed by atoms with E-state index in [0.29, 0.717) is 6.04 Å². The molecule has 0 saturated heterocycles. The molecule has 1 aromatic carbocycles. The first kappa shape index (κ1) is 10.5. The minimum Gasteiger partial charge on any atom is -0.369 e. The summed E-state index contributed by atoms with van der Waals surface area (Å²) >= 11 is 0. The Hall–Kier alpha value is -1.02. The number of hydrogen-bond acceptors (Lipinski definition) is 2. The van der Waals surface area contributed by atoms with Crippen LogP contribution in [0.25, 0.3) is 0 Å². The Morgan fingerprint density at radius 3 is 2.93 bits per heavy atom. The Morgan fingerprint density at radius 2 is 2.27 bits per heavy atom. The molecule has 0 spiro atoms. The molecule has 2 nitrogen and oxygen atoms in total. The smallest absolute Gasteiger partial charge is 0.0404 e. The molecule has 1 aliphatic rings. The van der Waals surface area contributed by atoms with Crippen LogP contribution in [0.1, 0.15) is 25.0 Å². The fourth-order valence-electron chi connectivity index (χ4n) is 2.64. The highest BCUT2D eigenvalue weighted by molar-refractivity contribution is 5.62. The van der Waals surface area contributed by atoms with Crippen LogP contribution in [-0.4, -0.2) is 19.1 Å². The van der Waals surface area contributed by atoms with E-state index in [1.807, 2.05) is 0 Å². The molecule has 1 aromatic rings. The van der Waals surface area contributed by atoms with Crippen LogP contribution in [0.4, 0.5) is 5.69 Å². The number of benzene rings is 1. The fraction of sp³-hybridized carbons (Fsp3) is 0.538. The number of nitrogens with zero attached hydrogens (tertiary/aromatic N) is 1. The van der Waals surface area contributed by atoms with Gasteiger partial charge in [0.05, 0.1) is 0 Å². The highest BCUT2D eigenvalue weighted by Gasteiger charge is 2.25. The van der Waals surface area contributed by atoms with E-state index in [4.69, 9.17) is 5.73 Å². The van der Waals surface area contributed by atoms with Crippen molar-refractivity contribution in [1.82, 2.24) is 0 Å². The van der Waals surface area contributed by atoms with Crippen LogP contribution in [0.3, 0.4) is 0 Å². The Bertz CT molecular complexity index is 346. The lowest BCUT2D eigenvalue weighted by Crippen LogP contribution is -2.28. The summed E-state index contributed by atoms with van der Waals surface area (Å²) in [6.45, 7) is 6.37. The molecular formula is C13H20N2. The van der Waals surface area contributed by atoms with Gasteiger partial charge in [-0.1, -0.05) is 12.1 Å². The molecule has 0 bridgehead atoms. The highest BCUT2D eigenvalue weighted by atomic mass is 15.2. The van der Waals surface area contributed by atoms with E-state index < -0.39 is 0 Å². The maximum atomic E-state index is 5.64. The topological polar surface area (TPSA) is 29.3 Å². The lowest BCUT2D eigenvalue weighted by atomic mass is 10.0. The SMILES string of the molecule is CCN1c2cccc(CCN)c2CC1C. The standard InChI is InChI=1S/C13H20N2/c1-3-15-10(2)9-12-11(7-8-14)5-4-6-13(12)15/h4-6,10H,3,7-9,14H2,1-2H3. The Balaban J connectivity index is 2.38. The second kappa shape index (κ2) is 4.23. The van der Waals surface area contributed by atoms with Gasteiger partial charge in [-0.3, -0.25) is 0 Å². The average Bonchev–Trinajstić information content (AvgIpc) is 2.55. The van der Waals surface area contributed by atoms with E-state index in [1.54, 1.807) is 0 Å². The summed E-state index contributed by atoms with van der Waals surface area (Å²) in [6, 6.07) is 7.26. The van der Waals surface area contributed by atoms with Crippen molar-refractivity contribution in [2.24, 2.45) is 5.73 Å². The molecule has 0 saturated carbocycles. The summed E-state index contributed by atoms with van der Waals surface area (Å²) in [6.07, 6.45) is 2.19. The van der Waals surface area contributed by atoms with Gasteiger partial charge in [0.1, 0.15) is 0 Å². The predicted molar refractivity (Wildman–Crippen MR) is 65.4 cm³/mol. The molecule has 1 aliphatic heterocycles. The van der Waals surface area contributed by atoms with Crippen molar-refractivity contribution in [1.29, 1.82) is 0 Å². The molecule has 1 unspecified atom stereocenters. The Morgan fingerprint density at radius 1 is 1.47 bits per heavy atom. The molecule has 0 amide bonds. The van der Waals surface area contributed by atoms with E-state index in [-0.39, 0.29) is 0 Å². The number of likely N-dealkylation sites (N-methyl/N-ethyl adjacent to an activating group) is 1. The van der Waals surface area contributed by atoms with Gasteiger partial charge in [0.2, 0.25) is 0 Å². The quantitative estimate of drug-likeness (QED) is 0.815. The van der Waals surface area contributed by atoms with Crippen molar-refractivity contribution in [2.45, 2.75) is 32.7 Å². The van der Waals surface area contributed by atoms with Gasteiger partial charge in [0, 0.05) is 18.3 Å². The average molecular weight is 204 g/mol. The van der Waals surface area contributed by atoms with E-state index >= 15 is 0 Å². The number of rotatable bonds is 3. The lowest BCUT2D eigenvalue weighted by molar-refractivity contribution is 0.689. The number of nitrogens with two attached hydrogens (primary N) is 1. The highest BCUT2D eigenvalue weighted by Crippen LogP contribution is 2.34. The molecule has 0 aromatic heterocycles. The van der Waals surface area contributed by atoms with Gasteiger partial charge >= 0.3 is 0 Å². The van der Waals surface area contributed by atoms with Crippen LogP contribution in [0.5, 0.6) is 0 Å². The summed E-state index contributed by atoms with van der Waals surface area (Å²) in [5.74, 6) is 0. The minimum absolute atomic E-state index is 0.643. The summed E-state index contributed by atoms with van der Waals surface area (Å²) in [5, 5.41) is 0. The first-order chi connectivity index (χ1) is 7.27.